The Morgan fingerprint density at radius 1 is 1.22 bits per heavy atom. The normalized spacial score (nSPS) is 11.8. The molecule has 0 amide bonds. The van der Waals surface area contributed by atoms with Crippen molar-refractivity contribution in [1.29, 1.82) is 0 Å². The summed E-state index contributed by atoms with van der Waals surface area (Å²) in [6.45, 7) is 8.03. The second kappa shape index (κ2) is 6.57. The van der Waals surface area contributed by atoms with Crippen molar-refractivity contribution in [3.05, 3.63) is 20.6 Å². The van der Waals surface area contributed by atoms with E-state index in [1.54, 1.807) is 6.21 Å². The third-order valence-electron chi connectivity index (χ3n) is 2.18. The summed E-state index contributed by atoms with van der Waals surface area (Å²) in [6, 6.07) is 2.34. The molecule has 0 spiro atoms. The Morgan fingerprint density at radius 2 is 1.83 bits per heavy atom. The van der Waals surface area contributed by atoms with Crippen molar-refractivity contribution in [2.45, 2.75) is 39.8 Å². The van der Waals surface area contributed by atoms with E-state index in [-0.39, 0.29) is 17.8 Å². The van der Waals surface area contributed by atoms with Crippen LogP contribution in [0.5, 0.6) is 5.75 Å². The third kappa shape index (κ3) is 3.99. The van der Waals surface area contributed by atoms with Crippen LogP contribution in [0.25, 0.3) is 0 Å². The molecule has 0 bridgehead atoms. The van der Waals surface area contributed by atoms with Gasteiger partial charge in [0.15, 0.2) is 0 Å². The van der Waals surface area contributed by atoms with Gasteiger partial charge in [0.25, 0.3) is 0 Å². The third-order valence-corrected chi connectivity index (χ3v) is 3.46. The molecule has 1 aromatic rings. The second-order valence-electron chi connectivity index (χ2n) is 4.65. The number of nitrogens with one attached hydrogen (secondary N) is 1. The number of benzene rings is 1. The van der Waals surface area contributed by atoms with Gasteiger partial charge in [-0.1, -0.05) is 0 Å². The fraction of sp³-hybridized carbons (Fsp3) is 0.462. The quantitative estimate of drug-likeness (QED) is 0.596. The van der Waals surface area contributed by atoms with E-state index < -0.39 is 0 Å². The van der Waals surface area contributed by atoms with Crippen molar-refractivity contribution < 1.29 is 5.11 Å². The van der Waals surface area contributed by atoms with E-state index in [9.17, 15) is 5.11 Å². The summed E-state index contributed by atoms with van der Waals surface area (Å²) in [4.78, 5) is 4.31. The highest BCUT2D eigenvalue weighted by atomic mass is 79.9. The molecule has 0 radical (unpaired) electrons. The van der Waals surface area contributed by atoms with Crippen LogP contribution in [0.2, 0.25) is 0 Å². The maximum Gasteiger partial charge on any atom is 0.149 e. The minimum Gasteiger partial charge on any atom is -0.505 e. The maximum absolute atomic E-state index is 10.3. The molecule has 0 heterocycles. The van der Waals surface area contributed by atoms with E-state index in [1.807, 2.05) is 33.8 Å². The Labute approximate surface area is 125 Å². The van der Waals surface area contributed by atoms with Crippen LogP contribution in [0.15, 0.2) is 20.0 Å². The highest BCUT2D eigenvalue weighted by molar-refractivity contribution is 9.11. The molecular weight excluding hydrogens is 360 g/mol. The van der Waals surface area contributed by atoms with E-state index in [0.29, 0.717) is 11.3 Å². The molecule has 0 saturated carbocycles. The molecular formula is C13H18Br2N2O. The van der Waals surface area contributed by atoms with E-state index in [1.165, 1.54) is 0 Å². The first-order valence-electron chi connectivity index (χ1n) is 5.83. The van der Waals surface area contributed by atoms with Crippen molar-refractivity contribution in [2.24, 2.45) is 4.99 Å². The summed E-state index contributed by atoms with van der Waals surface area (Å²) < 4.78 is 1.63. The van der Waals surface area contributed by atoms with Gasteiger partial charge in [-0.15, -0.1) is 0 Å². The molecule has 5 heteroatoms. The standard InChI is InChI=1S/C13H18Br2N2O/c1-7(2)16-6-9-10(14)5-11(15)12(13(9)18)17-8(3)4/h5-8,17-18H,1-4H3. The van der Waals surface area contributed by atoms with Crippen LogP contribution in [-0.4, -0.2) is 23.4 Å². The van der Waals surface area contributed by atoms with Crippen molar-refractivity contribution in [2.75, 3.05) is 5.32 Å². The van der Waals surface area contributed by atoms with Gasteiger partial charge in [0.1, 0.15) is 5.75 Å². The molecule has 0 aliphatic heterocycles. The number of hydrogen-bond donors (Lipinski definition) is 2. The molecule has 0 unspecified atom stereocenters. The Kier molecular flexibility index (Phi) is 5.66. The van der Waals surface area contributed by atoms with Crippen LogP contribution >= 0.6 is 31.9 Å². The number of rotatable bonds is 4. The van der Waals surface area contributed by atoms with E-state index in [4.69, 9.17) is 0 Å². The number of phenols is 1. The van der Waals surface area contributed by atoms with E-state index in [0.717, 1.165) is 8.95 Å². The van der Waals surface area contributed by atoms with Gasteiger partial charge < -0.3 is 10.4 Å². The first-order valence-corrected chi connectivity index (χ1v) is 7.42. The minimum atomic E-state index is 0.196. The van der Waals surface area contributed by atoms with Crippen molar-refractivity contribution in [1.82, 2.24) is 0 Å². The molecule has 0 fully saturated rings. The fourth-order valence-corrected chi connectivity index (χ4v) is 2.75. The SMILES string of the molecule is CC(C)N=Cc1c(Br)cc(Br)c(NC(C)C)c1O. The van der Waals surface area contributed by atoms with Crippen molar-refractivity contribution >= 4 is 43.8 Å². The lowest BCUT2D eigenvalue weighted by molar-refractivity contribution is 0.475. The molecule has 0 aromatic heterocycles. The zero-order valence-electron chi connectivity index (χ0n) is 11.0. The van der Waals surface area contributed by atoms with Crippen LogP contribution in [-0.2, 0) is 0 Å². The van der Waals surface area contributed by atoms with Crippen LogP contribution in [0.1, 0.15) is 33.3 Å². The molecule has 100 valence electrons. The minimum absolute atomic E-state index is 0.196. The predicted molar refractivity (Wildman–Crippen MR) is 85.0 cm³/mol. The average molecular weight is 378 g/mol. The summed E-state index contributed by atoms with van der Waals surface area (Å²) in [5.74, 6) is 0.203. The Bertz CT molecular complexity index is 457. The number of aromatic hydroxyl groups is 1. The first-order chi connectivity index (χ1) is 8.32. The number of hydrogen-bond acceptors (Lipinski definition) is 3. The molecule has 0 aliphatic rings. The van der Waals surface area contributed by atoms with Crippen LogP contribution in [0, 0.1) is 0 Å². The molecule has 3 nitrogen and oxygen atoms in total. The van der Waals surface area contributed by atoms with Gasteiger partial charge in [-0.3, -0.25) is 4.99 Å². The van der Waals surface area contributed by atoms with Crippen LogP contribution in [0.4, 0.5) is 5.69 Å². The van der Waals surface area contributed by atoms with Crippen LogP contribution in [0.3, 0.4) is 0 Å². The Balaban J connectivity index is 3.26. The number of anilines is 1. The van der Waals surface area contributed by atoms with Gasteiger partial charge in [0, 0.05) is 27.2 Å². The lowest BCUT2D eigenvalue weighted by atomic mass is 10.1. The van der Waals surface area contributed by atoms with Gasteiger partial charge in [-0.05, 0) is 65.6 Å². The topological polar surface area (TPSA) is 44.6 Å². The van der Waals surface area contributed by atoms with Gasteiger partial charge in [0.05, 0.1) is 11.3 Å². The van der Waals surface area contributed by atoms with Crippen LogP contribution < -0.4 is 5.32 Å². The molecule has 0 atom stereocenters. The number of phenolic OH excluding ortho intramolecular Hbond substituents is 1. The molecule has 1 rings (SSSR count). The maximum atomic E-state index is 10.3. The predicted octanol–water partition coefficient (Wildman–Crippen LogP) is 4.56. The monoisotopic (exact) mass is 376 g/mol. The Morgan fingerprint density at radius 3 is 2.33 bits per heavy atom. The number of halogens is 2. The van der Waals surface area contributed by atoms with E-state index in [2.05, 4.69) is 42.2 Å². The summed E-state index contributed by atoms with van der Waals surface area (Å²) in [5, 5.41) is 13.5. The molecule has 1 aromatic carbocycles. The van der Waals surface area contributed by atoms with Gasteiger partial charge in [-0.25, -0.2) is 0 Å². The first kappa shape index (κ1) is 15.5. The zero-order valence-corrected chi connectivity index (χ0v) is 14.1. The molecule has 18 heavy (non-hydrogen) atoms. The summed E-state index contributed by atoms with van der Waals surface area (Å²) in [7, 11) is 0. The van der Waals surface area contributed by atoms with E-state index >= 15 is 0 Å². The summed E-state index contributed by atoms with van der Waals surface area (Å²) in [5.41, 5.74) is 1.38. The fourth-order valence-electron chi connectivity index (χ4n) is 1.39. The van der Waals surface area contributed by atoms with Crippen molar-refractivity contribution in [3.63, 3.8) is 0 Å². The lowest BCUT2D eigenvalue weighted by Gasteiger charge is -2.16. The van der Waals surface area contributed by atoms with Gasteiger partial charge >= 0.3 is 0 Å². The molecule has 0 aliphatic carbocycles. The van der Waals surface area contributed by atoms with Crippen molar-refractivity contribution in [3.8, 4) is 5.75 Å². The average Bonchev–Trinajstić information content (AvgIpc) is 2.23. The molecule has 2 N–H and O–H groups in total. The Hall–Kier alpha value is -0.550. The summed E-state index contributed by atoms with van der Waals surface area (Å²) in [6.07, 6.45) is 1.70. The second-order valence-corrected chi connectivity index (χ2v) is 6.36. The summed E-state index contributed by atoms with van der Waals surface area (Å²) >= 11 is 6.88. The highest BCUT2D eigenvalue weighted by Crippen LogP contribution is 2.39. The lowest BCUT2D eigenvalue weighted by Crippen LogP contribution is -2.11. The number of nitrogens with zero attached hydrogens (tertiary/aromatic N) is 1. The zero-order chi connectivity index (χ0) is 13.9. The van der Waals surface area contributed by atoms with Gasteiger partial charge in [-0.2, -0.15) is 0 Å². The molecule has 0 saturated heterocycles. The largest absolute Gasteiger partial charge is 0.505 e. The smallest absolute Gasteiger partial charge is 0.149 e. The number of aliphatic imine (C=N–C) groups is 1. The highest BCUT2D eigenvalue weighted by Gasteiger charge is 2.14. The van der Waals surface area contributed by atoms with Gasteiger partial charge in [0.2, 0.25) is 0 Å².